The molecule has 0 radical (unpaired) electrons. The normalized spacial score (nSPS) is 15.3. The largest absolute Gasteiger partial charge is 0.416 e. The van der Waals surface area contributed by atoms with E-state index in [4.69, 9.17) is 4.74 Å². The van der Waals surface area contributed by atoms with Crippen LogP contribution in [0.4, 0.5) is 13.2 Å². The van der Waals surface area contributed by atoms with Crippen molar-refractivity contribution in [3.63, 3.8) is 0 Å². The van der Waals surface area contributed by atoms with Crippen molar-refractivity contribution in [1.29, 1.82) is 0 Å². The van der Waals surface area contributed by atoms with E-state index in [9.17, 15) is 13.2 Å². The predicted octanol–water partition coefficient (Wildman–Crippen LogP) is 5.09. The molecule has 1 aromatic rings. The Hall–Kier alpha value is -1.55. The van der Waals surface area contributed by atoms with Crippen molar-refractivity contribution in [2.75, 3.05) is 6.61 Å². The molecule has 0 bridgehead atoms. The van der Waals surface area contributed by atoms with Crippen LogP contribution in [0.5, 0.6) is 0 Å². The average molecular weight is 284 g/mol. The number of rotatable bonds is 5. The Morgan fingerprint density at radius 2 is 1.70 bits per heavy atom. The minimum Gasteiger partial charge on any atom is -0.362 e. The van der Waals surface area contributed by atoms with Crippen molar-refractivity contribution >= 4 is 0 Å². The molecule has 1 aromatic carbocycles. The van der Waals surface area contributed by atoms with Crippen LogP contribution in [0.3, 0.4) is 0 Å². The highest BCUT2D eigenvalue weighted by molar-refractivity contribution is 5.31. The summed E-state index contributed by atoms with van der Waals surface area (Å²) >= 11 is 0. The van der Waals surface area contributed by atoms with E-state index in [-0.39, 0.29) is 0 Å². The predicted molar refractivity (Wildman–Crippen MR) is 74.4 cm³/mol. The molecule has 0 aliphatic carbocycles. The third-order valence-corrected chi connectivity index (χ3v) is 2.89. The molecule has 0 spiro atoms. The van der Waals surface area contributed by atoms with Gasteiger partial charge in [-0.2, -0.15) is 13.2 Å². The molecule has 0 saturated heterocycles. The fourth-order valence-electron chi connectivity index (χ4n) is 1.81. The summed E-state index contributed by atoms with van der Waals surface area (Å²) in [6.45, 7) is 9.60. The van der Waals surface area contributed by atoms with Crippen LogP contribution >= 0.6 is 0 Å². The van der Waals surface area contributed by atoms with Crippen LogP contribution in [0.15, 0.2) is 48.6 Å². The number of benzene rings is 1. The van der Waals surface area contributed by atoms with Gasteiger partial charge in [-0.3, -0.25) is 0 Å². The van der Waals surface area contributed by atoms with E-state index in [0.29, 0.717) is 12.2 Å². The van der Waals surface area contributed by atoms with Crippen LogP contribution in [0.25, 0.3) is 0 Å². The highest BCUT2D eigenvalue weighted by Crippen LogP contribution is 2.33. The van der Waals surface area contributed by atoms with Gasteiger partial charge in [0, 0.05) is 0 Å². The summed E-state index contributed by atoms with van der Waals surface area (Å²) in [5.74, 6) is 0. The van der Waals surface area contributed by atoms with Crippen molar-refractivity contribution < 1.29 is 17.9 Å². The maximum Gasteiger partial charge on any atom is 0.416 e. The number of alkyl halides is 3. The van der Waals surface area contributed by atoms with Crippen molar-refractivity contribution in [2.24, 2.45) is 0 Å². The summed E-state index contributed by atoms with van der Waals surface area (Å²) in [4.78, 5) is 0. The standard InChI is InChI=1S/C16H19F3O/c1-5-10-15(4,20-11-12(2)3)13-6-8-14(9-7-13)16(17,18)19/h5-10H,2,11H2,1,3-4H3/b10-5+. The molecule has 1 rings (SSSR count). The molecule has 0 aromatic heterocycles. The first-order chi connectivity index (χ1) is 9.19. The number of hydrogen-bond acceptors (Lipinski definition) is 1. The van der Waals surface area contributed by atoms with Crippen molar-refractivity contribution in [3.8, 4) is 0 Å². The Balaban J connectivity index is 3.06. The number of hydrogen-bond donors (Lipinski definition) is 0. The van der Waals surface area contributed by atoms with Crippen LogP contribution in [-0.4, -0.2) is 6.61 Å². The highest BCUT2D eigenvalue weighted by Gasteiger charge is 2.31. The van der Waals surface area contributed by atoms with Gasteiger partial charge in [0.2, 0.25) is 0 Å². The summed E-state index contributed by atoms with van der Waals surface area (Å²) in [5, 5.41) is 0. The van der Waals surface area contributed by atoms with Gasteiger partial charge in [-0.1, -0.05) is 36.4 Å². The van der Waals surface area contributed by atoms with Crippen molar-refractivity contribution in [1.82, 2.24) is 0 Å². The highest BCUT2D eigenvalue weighted by atomic mass is 19.4. The molecular formula is C16H19F3O. The lowest BCUT2D eigenvalue weighted by Crippen LogP contribution is -2.24. The van der Waals surface area contributed by atoms with Gasteiger partial charge in [-0.25, -0.2) is 0 Å². The Morgan fingerprint density at radius 1 is 1.20 bits per heavy atom. The minimum atomic E-state index is -4.33. The second kappa shape index (κ2) is 6.27. The van der Waals surface area contributed by atoms with E-state index in [1.54, 1.807) is 0 Å². The lowest BCUT2D eigenvalue weighted by molar-refractivity contribution is -0.137. The van der Waals surface area contributed by atoms with Crippen LogP contribution in [0, 0.1) is 0 Å². The molecule has 0 heterocycles. The first-order valence-electron chi connectivity index (χ1n) is 6.29. The van der Waals surface area contributed by atoms with Crippen LogP contribution in [0.1, 0.15) is 31.9 Å². The molecule has 0 N–H and O–H groups in total. The zero-order valence-corrected chi connectivity index (χ0v) is 11.9. The molecule has 1 unspecified atom stereocenters. The summed E-state index contributed by atoms with van der Waals surface area (Å²) in [5.41, 5.74) is 0.0964. The quantitative estimate of drug-likeness (QED) is 0.684. The molecule has 1 atom stereocenters. The van der Waals surface area contributed by atoms with Gasteiger partial charge >= 0.3 is 6.18 Å². The fourth-order valence-corrected chi connectivity index (χ4v) is 1.81. The van der Waals surface area contributed by atoms with Crippen LogP contribution in [0.2, 0.25) is 0 Å². The first-order valence-corrected chi connectivity index (χ1v) is 6.29. The third-order valence-electron chi connectivity index (χ3n) is 2.89. The fraction of sp³-hybridized carbons (Fsp3) is 0.375. The third kappa shape index (κ3) is 4.23. The van der Waals surface area contributed by atoms with Gasteiger partial charge in [-0.05, 0) is 38.5 Å². The minimum absolute atomic E-state index is 0.349. The molecule has 0 saturated carbocycles. The van der Waals surface area contributed by atoms with E-state index in [2.05, 4.69) is 6.58 Å². The van der Waals surface area contributed by atoms with Crippen LogP contribution < -0.4 is 0 Å². The molecule has 0 fully saturated rings. The van der Waals surface area contributed by atoms with E-state index in [1.807, 2.05) is 32.9 Å². The summed E-state index contributed by atoms with van der Waals surface area (Å²) < 4.78 is 43.5. The van der Waals surface area contributed by atoms with Crippen molar-refractivity contribution in [3.05, 3.63) is 59.7 Å². The zero-order valence-electron chi connectivity index (χ0n) is 11.9. The Bertz CT molecular complexity index is 485. The van der Waals surface area contributed by atoms with E-state index in [0.717, 1.165) is 17.7 Å². The summed E-state index contributed by atoms with van der Waals surface area (Å²) in [6.07, 6.45) is -0.692. The van der Waals surface area contributed by atoms with Crippen molar-refractivity contribution in [2.45, 2.75) is 32.5 Å². The molecule has 20 heavy (non-hydrogen) atoms. The van der Waals surface area contributed by atoms with Gasteiger partial charge in [0.1, 0.15) is 5.60 Å². The van der Waals surface area contributed by atoms with Gasteiger partial charge in [0.15, 0.2) is 0 Å². The SMILES string of the molecule is C=C(C)COC(C)(/C=C/C)c1ccc(C(F)(F)F)cc1. The smallest absolute Gasteiger partial charge is 0.362 e. The lowest BCUT2D eigenvalue weighted by atomic mass is 9.94. The van der Waals surface area contributed by atoms with Crippen LogP contribution in [-0.2, 0) is 16.5 Å². The molecule has 0 aliphatic rings. The van der Waals surface area contributed by atoms with E-state index >= 15 is 0 Å². The van der Waals surface area contributed by atoms with E-state index < -0.39 is 17.3 Å². The average Bonchev–Trinajstić information content (AvgIpc) is 2.36. The lowest BCUT2D eigenvalue weighted by Gasteiger charge is -2.28. The summed E-state index contributed by atoms with van der Waals surface area (Å²) in [6, 6.07) is 5.03. The van der Waals surface area contributed by atoms with Gasteiger partial charge < -0.3 is 4.74 Å². The zero-order chi connectivity index (χ0) is 15.4. The van der Waals surface area contributed by atoms with Gasteiger partial charge in [-0.15, -0.1) is 0 Å². The Labute approximate surface area is 117 Å². The number of halogens is 3. The second-order valence-electron chi connectivity index (χ2n) is 4.93. The molecule has 4 heteroatoms. The van der Waals surface area contributed by atoms with Gasteiger partial charge in [0.05, 0.1) is 12.2 Å². The second-order valence-corrected chi connectivity index (χ2v) is 4.93. The molecule has 0 aliphatic heterocycles. The number of ether oxygens (including phenoxy) is 1. The first kappa shape index (κ1) is 16.5. The monoisotopic (exact) mass is 284 g/mol. The molecule has 1 nitrogen and oxygen atoms in total. The molecule has 0 amide bonds. The molecular weight excluding hydrogens is 265 g/mol. The van der Waals surface area contributed by atoms with Gasteiger partial charge in [0.25, 0.3) is 0 Å². The number of allylic oxidation sites excluding steroid dienone is 1. The maximum atomic E-state index is 12.6. The molecule has 110 valence electrons. The Kier molecular flexibility index (Phi) is 5.17. The topological polar surface area (TPSA) is 9.23 Å². The maximum absolute atomic E-state index is 12.6. The summed E-state index contributed by atoms with van der Waals surface area (Å²) in [7, 11) is 0. The van der Waals surface area contributed by atoms with E-state index in [1.165, 1.54) is 12.1 Å². The Morgan fingerprint density at radius 3 is 2.10 bits per heavy atom.